The van der Waals surface area contributed by atoms with Crippen LogP contribution in [-0.2, 0) is 12.7 Å². The molecule has 1 heterocycles. The number of hydrogen-bond acceptors (Lipinski definition) is 3. The van der Waals surface area contributed by atoms with Crippen molar-refractivity contribution in [1.82, 2.24) is 9.80 Å². The highest BCUT2D eigenvalue weighted by molar-refractivity contribution is 6.21. The van der Waals surface area contributed by atoms with E-state index in [9.17, 15) is 22.8 Å². The summed E-state index contributed by atoms with van der Waals surface area (Å²) in [5.41, 5.74) is 0.851. The van der Waals surface area contributed by atoms with Crippen molar-refractivity contribution in [2.24, 2.45) is 0 Å². The number of benzene rings is 2. The topological polar surface area (TPSA) is 40.6 Å². The number of fused-ring (bicyclic) bond motifs is 1. The second-order valence-electron chi connectivity index (χ2n) is 6.24. The summed E-state index contributed by atoms with van der Waals surface area (Å²) >= 11 is 0. The lowest BCUT2D eigenvalue weighted by atomic mass is 10.1. The van der Waals surface area contributed by atoms with E-state index in [0.717, 1.165) is 17.7 Å². The van der Waals surface area contributed by atoms with Gasteiger partial charge in [-0.05, 0) is 36.9 Å². The van der Waals surface area contributed by atoms with Crippen LogP contribution in [0.1, 0.15) is 31.8 Å². The maximum atomic E-state index is 12.6. The van der Waals surface area contributed by atoms with Gasteiger partial charge in [0.15, 0.2) is 0 Å². The Kier molecular flexibility index (Phi) is 4.82. The number of nitrogens with zero attached hydrogens (tertiary/aromatic N) is 2. The lowest BCUT2D eigenvalue weighted by molar-refractivity contribution is -0.137. The molecule has 2 amide bonds. The van der Waals surface area contributed by atoms with Crippen molar-refractivity contribution in [3.8, 4) is 0 Å². The predicted octanol–water partition coefficient (Wildman–Crippen LogP) is 3.43. The molecule has 0 saturated heterocycles. The molecule has 2 aromatic carbocycles. The van der Waals surface area contributed by atoms with Gasteiger partial charge in [-0.2, -0.15) is 13.2 Å². The van der Waals surface area contributed by atoms with Crippen molar-refractivity contribution >= 4 is 11.8 Å². The molecule has 2 aromatic rings. The summed E-state index contributed by atoms with van der Waals surface area (Å²) in [5.74, 6) is -0.623. The van der Waals surface area contributed by atoms with Crippen LogP contribution < -0.4 is 0 Å². The zero-order valence-electron chi connectivity index (χ0n) is 14.1. The maximum absolute atomic E-state index is 12.6. The number of rotatable bonds is 5. The van der Waals surface area contributed by atoms with Crippen LogP contribution in [0.5, 0.6) is 0 Å². The predicted molar refractivity (Wildman–Crippen MR) is 89.6 cm³/mol. The molecule has 0 unspecified atom stereocenters. The molecule has 0 aromatic heterocycles. The van der Waals surface area contributed by atoms with Gasteiger partial charge in [0.2, 0.25) is 0 Å². The van der Waals surface area contributed by atoms with Gasteiger partial charge in [0.05, 0.1) is 16.7 Å². The molecular formula is C19H17F3N2O2. The number of likely N-dealkylation sites (N-methyl/N-ethyl adjacent to an activating group) is 1. The van der Waals surface area contributed by atoms with Gasteiger partial charge in [0.25, 0.3) is 11.8 Å². The Morgan fingerprint density at radius 2 is 1.46 bits per heavy atom. The van der Waals surface area contributed by atoms with Gasteiger partial charge in [0.1, 0.15) is 0 Å². The minimum Gasteiger partial charge on any atom is -0.300 e. The summed E-state index contributed by atoms with van der Waals surface area (Å²) in [4.78, 5) is 27.6. The quantitative estimate of drug-likeness (QED) is 0.765. The van der Waals surface area contributed by atoms with E-state index in [-0.39, 0.29) is 18.4 Å². The molecule has 3 rings (SSSR count). The van der Waals surface area contributed by atoms with Crippen LogP contribution in [0.15, 0.2) is 48.5 Å². The first-order chi connectivity index (χ1) is 12.3. The van der Waals surface area contributed by atoms with Crippen LogP contribution in [0.3, 0.4) is 0 Å². The highest BCUT2D eigenvalue weighted by atomic mass is 19.4. The zero-order chi connectivity index (χ0) is 18.9. The third-order valence-corrected chi connectivity index (χ3v) is 4.32. The Labute approximate surface area is 148 Å². The number of hydrogen-bond donors (Lipinski definition) is 0. The fourth-order valence-electron chi connectivity index (χ4n) is 2.90. The molecule has 26 heavy (non-hydrogen) atoms. The number of amides is 2. The molecule has 136 valence electrons. The van der Waals surface area contributed by atoms with Gasteiger partial charge in [-0.25, -0.2) is 0 Å². The molecule has 0 atom stereocenters. The van der Waals surface area contributed by atoms with Gasteiger partial charge in [-0.1, -0.05) is 24.3 Å². The third kappa shape index (κ3) is 3.62. The summed E-state index contributed by atoms with van der Waals surface area (Å²) in [6, 6.07) is 11.6. The molecule has 0 aliphatic carbocycles. The largest absolute Gasteiger partial charge is 0.416 e. The monoisotopic (exact) mass is 362 g/mol. The molecule has 7 heteroatoms. The average Bonchev–Trinajstić information content (AvgIpc) is 2.84. The molecule has 0 fully saturated rings. The van der Waals surface area contributed by atoms with Crippen molar-refractivity contribution in [2.45, 2.75) is 12.7 Å². The van der Waals surface area contributed by atoms with Crippen LogP contribution in [0.4, 0.5) is 13.2 Å². The van der Waals surface area contributed by atoms with Crippen molar-refractivity contribution in [1.29, 1.82) is 0 Å². The first-order valence-electron chi connectivity index (χ1n) is 8.07. The summed E-state index contributed by atoms with van der Waals surface area (Å²) in [5, 5.41) is 0. The lowest BCUT2D eigenvalue weighted by Gasteiger charge is -2.21. The van der Waals surface area contributed by atoms with E-state index >= 15 is 0 Å². The Morgan fingerprint density at radius 1 is 0.923 bits per heavy atom. The van der Waals surface area contributed by atoms with Crippen LogP contribution in [0.25, 0.3) is 0 Å². The number of halogens is 3. The fourth-order valence-corrected chi connectivity index (χ4v) is 2.90. The molecule has 0 spiro atoms. The fraction of sp³-hybridized carbons (Fsp3) is 0.263. The highest BCUT2D eigenvalue weighted by Crippen LogP contribution is 2.29. The van der Waals surface area contributed by atoms with E-state index in [2.05, 4.69) is 0 Å². The Morgan fingerprint density at radius 3 is 1.96 bits per heavy atom. The van der Waals surface area contributed by atoms with Gasteiger partial charge in [-0.3, -0.25) is 14.5 Å². The summed E-state index contributed by atoms with van der Waals surface area (Å²) < 4.78 is 37.7. The normalized spacial score (nSPS) is 14.3. The first-order valence-corrected chi connectivity index (χ1v) is 8.07. The molecule has 0 bridgehead atoms. The van der Waals surface area contributed by atoms with Crippen LogP contribution in [0.2, 0.25) is 0 Å². The van der Waals surface area contributed by atoms with Gasteiger partial charge >= 0.3 is 6.18 Å². The second kappa shape index (κ2) is 6.92. The Bertz CT molecular complexity index is 796. The van der Waals surface area contributed by atoms with E-state index < -0.39 is 11.7 Å². The smallest absolute Gasteiger partial charge is 0.300 e. The third-order valence-electron chi connectivity index (χ3n) is 4.32. The minimum atomic E-state index is -4.35. The SMILES string of the molecule is CN(CCN1C(=O)c2ccccc2C1=O)Cc1ccc(C(F)(F)F)cc1. The van der Waals surface area contributed by atoms with Crippen molar-refractivity contribution in [3.05, 3.63) is 70.8 Å². The molecule has 0 N–H and O–H groups in total. The van der Waals surface area contributed by atoms with E-state index in [4.69, 9.17) is 0 Å². The highest BCUT2D eigenvalue weighted by Gasteiger charge is 2.34. The molecular weight excluding hydrogens is 345 g/mol. The summed E-state index contributed by atoms with van der Waals surface area (Å²) in [6.45, 7) is 1.07. The Hall–Kier alpha value is -2.67. The first kappa shape index (κ1) is 18.1. The van der Waals surface area contributed by atoms with Gasteiger partial charge in [0, 0.05) is 19.6 Å². The van der Waals surface area contributed by atoms with Crippen LogP contribution in [0, 0.1) is 0 Å². The number of imide groups is 1. The zero-order valence-corrected chi connectivity index (χ0v) is 14.1. The molecule has 1 aliphatic heterocycles. The average molecular weight is 362 g/mol. The maximum Gasteiger partial charge on any atom is 0.416 e. The van der Waals surface area contributed by atoms with E-state index in [0.29, 0.717) is 24.2 Å². The van der Waals surface area contributed by atoms with Gasteiger partial charge < -0.3 is 4.90 Å². The second-order valence-corrected chi connectivity index (χ2v) is 6.24. The summed E-state index contributed by atoms with van der Waals surface area (Å²) in [7, 11) is 1.79. The van der Waals surface area contributed by atoms with Crippen molar-refractivity contribution in [3.63, 3.8) is 0 Å². The van der Waals surface area contributed by atoms with Gasteiger partial charge in [-0.15, -0.1) is 0 Å². The lowest BCUT2D eigenvalue weighted by Crippen LogP contribution is -2.36. The number of carbonyl (C=O) groups excluding carboxylic acids is 2. The molecule has 1 aliphatic rings. The Balaban J connectivity index is 1.57. The van der Waals surface area contributed by atoms with Crippen LogP contribution >= 0.6 is 0 Å². The number of carbonyl (C=O) groups is 2. The standard InChI is InChI=1S/C19H17F3N2O2/c1-23(12-13-6-8-14(9-7-13)19(20,21)22)10-11-24-17(25)15-4-2-3-5-16(15)18(24)26/h2-9H,10-12H2,1H3. The summed E-state index contributed by atoms with van der Waals surface area (Å²) in [6.07, 6.45) is -4.35. The van der Waals surface area contributed by atoms with E-state index in [1.807, 2.05) is 4.90 Å². The number of alkyl halides is 3. The van der Waals surface area contributed by atoms with E-state index in [1.54, 1.807) is 31.3 Å². The van der Waals surface area contributed by atoms with Crippen molar-refractivity contribution < 1.29 is 22.8 Å². The van der Waals surface area contributed by atoms with Crippen LogP contribution in [-0.4, -0.2) is 41.8 Å². The molecule has 4 nitrogen and oxygen atoms in total. The van der Waals surface area contributed by atoms with Crippen molar-refractivity contribution in [2.75, 3.05) is 20.1 Å². The molecule has 0 radical (unpaired) electrons. The minimum absolute atomic E-state index is 0.226. The van der Waals surface area contributed by atoms with E-state index in [1.165, 1.54) is 17.0 Å². The molecule has 0 saturated carbocycles.